The molecule has 0 N–H and O–H groups in total. The third-order valence-corrected chi connectivity index (χ3v) is 4.25. The predicted molar refractivity (Wildman–Crippen MR) is 88.0 cm³/mol. The van der Waals surface area contributed by atoms with Gasteiger partial charge in [-0.05, 0) is 40.3 Å². The molecule has 0 fully saturated rings. The van der Waals surface area contributed by atoms with E-state index in [-0.39, 0.29) is 5.82 Å². The second-order valence-electron chi connectivity index (χ2n) is 5.54. The van der Waals surface area contributed by atoms with Gasteiger partial charge in [-0.25, -0.2) is 4.39 Å². The summed E-state index contributed by atoms with van der Waals surface area (Å²) in [7, 11) is 0. The molecule has 1 heteroatoms. The molecule has 0 aliphatic carbocycles. The summed E-state index contributed by atoms with van der Waals surface area (Å²) in [6.45, 7) is 4.30. The highest BCUT2D eigenvalue weighted by Gasteiger charge is 2.16. The van der Waals surface area contributed by atoms with Gasteiger partial charge in [0.15, 0.2) is 0 Å². The highest BCUT2D eigenvalue weighted by Crippen LogP contribution is 2.36. The summed E-state index contributed by atoms with van der Waals surface area (Å²) in [5.74, 6) is 0.207. The van der Waals surface area contributed by atoms with E-state index in [1.165, 1.54) is 0 Å². The van der Waals surface area contributed by atoms with E-state index >= 15 is 0 Å². The molecule has 3 rings (SSSR count). The molecule has 0 heterocycles. The van der Waals surface area contributed by atoms with Crippen molar-refractivity contribution in [3.63, 3.8) is 0 Å². The van der Waals surface area contributed by atoms with Crippen LogP contribution in [0.2, 0.25) is 0 Å². The van der Waals surface area contributed by atoms with Gasteiger partial charge in [-0.1, -0.05) is 68.4 Å². The first kappa shape index (κ1) is 13.8. The second-order valence-corrected chi connectivity index (χ2v) is 5.54. The fourth-order valence-corrected chi connectivity index (χ4v) is 2.90. The molecule has 3 aromatic carbocycles. The smallest absolute Gasteiger partial charge is 0.131 e. The lowest BCUT2D eigenvalue weighted by Crippen LogP contribution is -1.98. The van der Waals surface area contributed by atoms with Crippen molar-refractivity contribution in [2.45, 2.75) is 26.2 Å². The molecule has 0 aliphatic heterocycles. The Morgan fingerprint density at radius 2 is 1.62 bits per heavy atom. The SMILES string of the molecule is CCC(C)c1cccc(F)c1-c1cccc2ccccc12. The third-order valence-electron chi connectivity index (χ3n) is 4.25. The quantitative estimate of drug-likeness (QED) is 0.538. The first-order valence-electron chi connectivity index (χ1n) is 7.49. The topological polar surface area (TPSA) is 0 Å². The van der Waals surface area contributed by atoms with Gasteiger partial charge in [-0.15, -0.1) is 0 Å². The van der Waals surface area contributed by atoms with Crippen LogP contribution in [0.1, 0.15) is 31.7 Å². The van der Waals surface area contributed by atoms with Crippen LogP contribution in [-0.4, -0.2) is 0 Å². The first-order valence-corrected chi connectivity index (χ1v) is 7.49. The van der Waals surface area contributed by atoms with Gasteiger partial charge in [-0.2, -0.15) is 0 Å². The highest BCUT2D eigenvalue weighted by atomic mass is 19.1. The van der Waals surface area contributed by atoms with Gasteiger partial charge < -0.3 is 0 Å². The molecule has 106 valence electrons. The molecule has 1 atom stereocenters. The lowest BCUT2D eigenvalue weighted by atomic mass is 9.88. The summed E-state index contributed by atoms with van der Waals surface area (Å²) in [6, 6.07) is 19.7. The van der Waals surface area contributed by atoms with Crippen molar-refractivity contribution in [3.05, 3.63) is 72.0 Å². The summed E-state index contributed by atoms with van der Waals surface area (Å²) in [5, 5.41) is 2.25. The fourth-order valence-electron chi connectivity index (χ4n) is 2.90. The van der Waals surface area contributed by atoms with Gasteiger partial charge in [0.1, 0.15) is 5.82 Å². The van der Waals surface area contributed by atoms with Crippen molar-refractivity contribution in [3.8, 4) is 11.1 Å². The number of benzene rings is 3. The van der Waals surface area contributed by atoms with Crippen LogP contribution in [0.15, 0.2) is 60.7 Å². The van der Waals surface area contributed by atoms with Crippen molar-refractivity contribution in [1.29, 1.82) is 0 Å². The molecule has 0 aliphatic rings. The number of hydrogen-bond donors (Lipinski definition) is 0. The molecule has 21 heavy (non-hydrogen) atoms. The van der Waals surface area contributed by atoms with Crippen LogP contribution >= 0.6 is 0 Å². The van der Waals surface area contributed by atoms with Crippen LogP contribution in [-0.2, 0) is 0 Å². The van der Waals surface area contributed by atoms with Gasteiger partial charge in [0.05, 0.1) is 0 Å². The normalized spacial score (nSPS) is 12.5. The minimum absolute atomic E-state index is 0.135. The molecule has 3 aromatic rings. The third kappa shape index (κ3) is 2.44. The molecule has 0 amide bonds. The van der Waals surface area contributed by atoms with Gasteiger partial charge >= 0.3 is 0 Å². The van der Waals surface area contributed by atoms with Gasteiger partial charge in [0.2, 0.25) is 0 Å². The Labute approximate surface area is 125 Å². The van der Waals surface area contributed by atoms with Crippen molar-refractivity contribution in [2.24, 2.45) is 0 Å². The molecule has 0 bridgehead atoms. The number of hydrogen-bond acceptors (Lipinski definition) is 0. The van der Waals surface area contributed by atoms with Crippen LogP contribution in [0.25, 0.3) is 21.9 Å². The maximum absolute atomic E-state index is 14.6. The number of fused-ring (bicyclic) bond motifs is 1. The van der Waals surface area contributed by atoms with Crippen LogP contribution in [0.4, 0.5) is 4.39 Å². The summed E-state index contributed by atoms with van der Waals surface area (Å²) >= 11 is 0. The van der Waals surface area contributed by atoms with Crippen molar-refractivity contribution < 1.29 is 4.39 Å². The van der Waals surface area contributed by atoms with E-state index < -0.39 is 0 Å². The van der Waals surface area contributed by atoms with Gasteiger partial charge in [0.25, 0.3) is 0 Å². The molecule has 0 saturated carbocycles. The van der Waals surface area contributed by atoms with Crippen LogP contribution in [0, 0.1) is 5.82 Å². The molecule has 1 unspecified atom stereocenters. The zero-order chi connectivity index (χ0) is 14.8. The molecule has 0 spiro atoms. The average Bonchev–Trinajstić information content (AvgIpc) is 2.53. The van der Waals surface area contributed by atoms with E-state index in [4.69, 9.17) is 0 Å². The average molecular weight is 278 g/mol. The summed E-state index contributed by atoms with van der Waals surface area (Å²) in [5.41, 5.74) is 2.83. The molecule has 0 radical (unpaired) electrons. The largest absolute Gasteiger partial charge is 0.206 e. The molecular weight excluding hydrogens is 259 g/mol. The van der Waals surface area contributed by atoms with E-state index in [2.05, 4.69) is 32.0 Å². The van der Waals surface area contributed by atoms with Crippen LogP contribution in [0.3, 0.4) is 0 Å². The maximum Gasteiger partial charge on any atom is 0.131 e. The van der Waals surface area contributed by atoms with E-state index in [0.29, 0.717) is 5.92 Å². The summed E-state index contributed by atoms with van der Waals surface area (Å²) in [4.78, 5) is 0. The molecule has 0 saturated heterocycles. The molecule has 0 nitrogen and oxygen atoms in total. The van der Waals surface area contributed by atoms with Crippen molar-refractivity contribution in [2.75, 3.05) is 0 Å². The predicted octanol–water partition coefficient (Wildman–Crippen LogP) is 6.16. The van der Waals surface area contributed by atoms with E-state index in [1.807, 2.05) is 36.4 Å². The zero-order valence-electron chi connectivity index (χ0n) is 12.4. The Balaban J connectivity index is 2.33. The van der Waals surface area contributed by atoms with Gasteiger partial charge in [0, 0.05) is 5.56 Å². The Kier molecular flexibility index (Phi) is 3.74. The lowest BCUT2D eigenvalue weighted by Gasteiger charge is -2.17. The van der Waals surface area contributed by atoms with E-state index in [9.17, 15) is 4.39 Å². The Hall–Kier alpha value is -2.15. The Morgan fingerprint density at radius 1 is 0.905 bits per heavy atom. The van der Waals surface area contributed by atoms with E-state index in [1.54, 1.807) is 6.07 Å². The van der Waals surface area contributed by atoms with Crippen molar-refractivity contribution in [1.82, 2.24) is 0 Å². The fraction of sp³-hybridized carbons (Fsp3) is 0.200. The lowest BCUT2D eigenvalue weighted by molar-refractivity contribution is 0.624. The standard InChI is InChI=1S/C20H19F/c1-3-14(2)16-11-7-13-19(21)20(16)18-12-6-9-15-8-4-5-10-17(15)18/h4-14H,3H2,1-2H3. The first-order chi connectivity index (χ1) is 10.2. The van der Waals surface area contributed by atoms with Crippen molar-refractivity contribution >= 4 is 10.8 Å². The van der Waals surface area contributed by atoms with Crippen LogP contribution in [0.5, 0.6) is 0 Å². The molecule has 0 aromatic heterocycles. The number of halogens is 1. The second kappa shape index (κ2) is 5.69. The maximum atomic E-state index is 14.6. The minimum atomic E-state index is -0.135. The monoisotopic (exact) mass is 278 g/mol. The zero-order valence-corrected chi connectivity index (χ0v) is 12.4. The number of rotatable bonds is 3. The van der Waals surface area contributed by atoms with Gasteiger partial charge in [-0.3, -0.25) is 0 Å². The summed E-state index contributed by atoms with van der Waals surface area (Å²) in [6.07, 6.45) is 1.00. The highest BCUT2D eigenvalue weighted by molar-refractivity contribution is 5.97. The van der Waals surface area contributed by atoms with E-state index in [0.717, 1.165) is 33.9 Å². The van der Waals surface area contributed by atoms with Crippen LogP contribution < -0.4 is 0 Å². The Morgan fingerprint density at radius 3 is 2.43 bits per heavy atom. The summed E-state index contributed by atoms with van der Waals surface area (Å²) < 4.78 is 14.6. The molecular formula is C20H19F. The minimum Gasteiger partial charge on any atom is -0.206 e. The Bertz CT molecular complexity index is 768.